The Kier molecular flexibility index (Phi) is 2.15. The van der Waals surface area contributed by atoms with Gasteiger partial charge in [-0.25, -0.2) is 0 Å². The summed E-state index contributed by atoms with van der Waals surface area (Å²) in [5.41, 5.74) is 5.84. The van der Waals surface area contributed by atoms with Crippen LogP contribution in [0.5, 0.6) is 0 Å². The Balaban J connectivity index is 2.66. The van der Waals surface area contributed by atoms with Crippen molar-refractivity contribution in [2.45, 2.75) is 27.6 Å². The van der Waals surface area contributed by atoms with Gasteiger partial charge in [-0.2, -0.15) is 4.57 Å². The highest BCUT2D eigenvalue weighted by atomic mass is 14.9. The van der Waals surface area contributed by atoms with Gasteiger partial charge >= 0.3 is 0 Å². The number of benzene rings is 1. The lowest BCUT2D eigenvalue weighted by Crippen LogP contribution is -2.35. The van der Waals surface area contributed by atoms with Gasteiger partial charge in [0.15, 0.2) is 5.69 Å². The van der Waals surface area contributed by atoms with Gasteiger partial charge in [0.05, 0.1) is 0 Å². The third kappa shape index (κ3) is 1.97. The van der Waals surface area contributed by atoms with E-state index in [2.05, 4.69) is 26.0 Å². The molecule has 17 heavy (non-hydrogen) atoms. The first-order valence-electron chi connectivity index (χ1n) is 7.30. The Bertz CT molecular complexity index is 658. The zero-order valence-electron chi connectivity index (χ0n) is 13.8. The van der Waals surface area contributed by atoms with Crippen LogP contribution in [0.15, 0.2) is 30.3 Å². The van der Waals surface area contributed by atoms with Crippen LogP contribution in [0.3, 0.4) is 0 Å². The van der Waals surface area contributed by atoms with Gasteiger partial charge in [-0.15, -0.1) is 0 Å². The molecule has 1 aromatic heterocycles. The lowest BCUT2D eigenvalue weighted by atomic mass is 9.99. The summed E-state index contributed by atoms with van der Waals surface area (Å²) in [7, 11) is 1.92. The van der Waals surface area contributed by atoms with Crippen LogP contribution >= 0.6 is 0 Å². The van der Waals surface area contributed by atoms with E-state index in [1.165, 1.54) is 11.1 Å². The van der Waals surface area contributed by atoms with E-state index in [1.807, 2.05) is 30.7 Å². The maximum absolute atomic E-state index is 7.58. The second-order valence-electron chi connectivity index (χ2n) is 4.52. The van der Waals surface area contributed by atoms with Crippen molar-refractivity contribution < 1.29 is 8.68 Å². The molecule has 0 saturated carbocycles. The fraction of sp³-hybridized carbons (Fsp3) is 0.312. The molecule has 0 bridgehead atoms. The molecule has 0 N–H and O–H groups in total. The standard InChI is InChI=1S/C16H20N/c1-11-7-6-8-15(13(11)3)16-10-9-12(2)14(4)17(16)5/h6-10H,1-5H3/q+1/i2D3. The molecule has 0 aliphatic rings. The molecule has 1 heteroatoms. The topological polar surface area (TPSA) is 3.88 Å². The molecule has 0 fully saturated rings. The van der Waals surface area contributed by atoms with E-state index in [4.69, 9.17) is 4.11 Å². The van der Waals surface area contributed by atoms with Crippen molar-refractivity contribution in [3.05, 3.63) is 52.7 Å². The fourth-order valence-corrected chi connectivity index (χ4v) is 2.06. The highest BCUT2D eigenvalue weighted by molar-refractivity contribution is 5.62. The molecule has 0 unspecified atom stereocenters. The van der Waals surface area contributed by atoms with Crippen LogP contribution in [0, 0.1) is 27.6 Å². The number of aromatic nitrogens is 1. The summed E-state index contributed by atoms with van der Waals surface area (Å²) in [6, 6.07) is 9.81. The molecule has 2 aromatic rings. The van der Waals surface area contributed by atoms with Crippen LogP contribution in [-0.4, -0.2) is 0 Å². The summed E-state index contributed by atoms with van der Waals surface area (Å²) in [5, 5.41) is 0. The molecular formula is C16H20N+. The van der Waals surface area contributed by atoms with Gasteiger partial charge in [-0.1, -0.05) is 12.1 Å². The number of nitrogens with zero attached hydrogens (tertiary/aromatic N) is 1. The minimum atomic E-state index is -2.07. The summed E-state index contributed by atoms with van der Waals surface area (Å²) in [5.74, 6) is 0. The van der Waals surface area contributed by atoms with E-state index in [-0.39, 0.29) is 0 Å². The van der Waals surface area contributed by atoms with Crippen LogP contribution in [0.25, 0.3) is 11.3 Å². The normalized spacial score (nSPS) is 14.0. The largest absolute Gasteiger partial charge is 0.212 e. The summed E-state index contributed by atoms with van der Waals surface area (Å²) in [6.45, 7) is 3.97. The molecule has 2 rings (SSSR count). The van der Waals surface area contributed by atoms with Crippen molar-refractivity contribution in [1.82, 2.24) is 0 Å². The maximum Gasteiger partial charge on any atom is 0.212 e. The van der Waals surface area contributed by atoms with E-state index in [9.17, 15) is 0 Å². The lowest BCUT2D eigenvalue weighted by Gasteiger charge is -2.09. The number of hydrogen-bond donors (Lipinski definition) is 0. The fourth-order valence-electron chi connectivity index (χ4n) is 2.06. The van der Waals surface area contributed by atoms with Crippen LogP contribution in [0.2, 0.25) is 0 Å². The van der Waals surface area contributed by atoms with Crippen LogP contribution in [-0.2, 0) is 7.05 Å². The van der Waals surface area contributed by atoms with Gasteiger partial charge in [0.25, 0.3) is 0 Å². The maximum atomic E-state index is 7.58. The van der Waals surface area contributed by atoms with Crippen LogP contribution < -0.4 is 4.57 Å². The third-order valence-electron chi connectivity index (χ3n) is 3.54. The van der Waals surface area contributed by atoms with Crippen molar-refractivity contribution in [1.29, 1.82) is 0 Å². The van der Waals surface area contributed by atoms with Crippen LogP contribution in [0.4, 0.5) is 0 Å². The van der Waals surface area contributed by atoms with Gasteiger partial charge in [-0.05, 0) is 44.0 Å². The first-order chi connectivity index (χ1) is 9.23. The van der Waals surface area contributed by atoms with Crippen molar-refractivity contribution in [2.75, 3.05) is 0 Å². The number of pyridine rings is 1. The smallest absolute Gasteiger partial charge is 0.198 e. The van der Waals surface area contributed by atoms with Gasteiger partial charge in [0.1, 0.15) is 7.05 Å². The molecule has 0 saturated heterocycles. The molecule has 1 heterocycles. The molecule has 0 amide bonds. The number of hydrogen-bond acceptors (Lipinski definition) is 0. The van der Waals surface area contributed by atoms with Gasteiger partial charge in [0, 0.05) is 28.2 Å². The average molecular weight is 229 g/mol. The predicted octanol–water partition coefficient (Wildman–Crippen LogP) is 3.41. The van der Waals surface area contributed by atoms with Crippen molar-refractivity contribution in [2.24, 2.45) is 7.05 Å². The quantitative estimate of drug-likeness (QED) is 0.660. The van der Waals surface area contributed by atoms with E-state index < -0.39 is 6.85 Å². The van der Waals surface area contributed by atoms with Gasteiger partial charge in [-0.3, -0.25) is 0 Å². The summed E-state index contributed by atoms with van der Waals surface area (Å²) >= 11 is 0. The van der Waals surface area contributed by atoms with E-state index in [1.54, 1.807) is 6.07 Å². The highest BCUT2D eigenvalue weighted by Gasteiger charge is 2.15. The van der Waals surface area contributed by atoms with Crippen LogP contribution in [0.1, 0.15) is 26.5 Å². The zero-order chi connectivity index (χ0) is 15.1. The molecule has 0 atom stereocenters. The van der Waals surface area contributed by atoms with Gasteiger partial charge < -0.3 is 0 Å². The summed E-state index contributed by atoms with van der Waals surface area (Å²) in [4.78, 5) is 0. The summed E-state index contributed by atoms with van der Waals surface area (Å²) < 4.78 is 24.7. The molecule has 0 aliphatic carbocycles. The number of aryl methyl sites for hydroxylation is 2. The van der Waals surface area contributed by atoms with Crippen molar-refractivity contribution in [3.8, 4) is 11.3 Å². The molecule has 1 aromatic carbocycles. The Hall–Kier alpha value is -1.63. The molecule has 0 radical (unpaired) electrons. The molecule has 0 aliphatic heterocycles. The van der Waals surface area contributed by atoms with E-state index in [0.717, 1.165) is 17.0 Å². The predicted molar refractivity (Wildman–Crippen MR) is 72.0 cm³/mol. The molecular weight excluding hydrogens is 206 g/mol. The Morgan fingerprint density at radius 3 is 2.47 bits per heavy atom. The van der Waals surface area contributed by atoms with Crippen molar-refractivity contribution in [3.63, 3.8) is 0 Å². The van der Waals surface area contributed by atoms with E-state index >= 15 is 0 Å². The zero-order valence-corrected chi connectivity index (χ0v) is 10.8. The Morgan fingerprint density at radius 2 is 1.76 bits per heavy atom. The second kappa shape index (κ2) is 4.33. The Morgan fingerprint density at radius 1 is 1.00 bits per heavy atom. The van der Waals surface area contributed by atoms with Gasteiger partial charge in [0.2, 0.25) is 5.69 Å². The number of rotatable bonds is 1. The highest BCUT2D eigenvalue weighted by Crippen LogP contribution is 2.23. The second-order valence-corrected chi connectivity index (χ2v) is 4.52. The lowest BCUT2D eigenvalue weighted by molar-refractivity contribution is -0.667. The average Bonchev–Trinajstić information content (AvgIpc) is 2.35. The first kappa shape index (κ1) is 8.46. The Labute approximate surface area is 108 Å². The minimum Gasteiger partial charge on any atom is -0.198 e. The SMILES string of the molecule is [2H]C([2H])([2H])c1ccc(-c2cccc(C)c2C)[n+](C)c1C. The molecule has 0 spiro atoms. The third-order valence-corrected chi connectivity index (χ3v) is 3.54. The monoisotopic (exact) mass is 229 g/mol. The minimum absolute atomic E-state index is 0.411. The molecule has 1 nitrogen and oxygen atoms in total. The van der Waals surface area contributed by atoms with E-state index in [0.29, 0.717) is 5.56 Å². The molecule has 88 valence electrons. The first-order valence-corrected chi connectivity index (χ1v) is 5.80. The van der Waals surface area contributed by atoms with Crippen molar-refractivity contribution >= 4 is 0 Å². The summed E-state index contributed by atoms with van der Waals surface area (Å²) in [6.07, 6.45) is 0.